The molecule has 84 valence electrons. The van der Waals surface area contributed by atoms with Gasteiger partial charge < -0.3 is 0 Å². The molecule has 1 aromatic carbocycles. The molecule has 6 heteroatoms. The third kappa shape index (κ3) is 3.95. The van der Waals surface area contributed by atoms with Gasteiger partial charge in [0.05, 0.1) is 0 Å². The van der Waals surface area contributed by atoms with E-state index in [1.807, 2.05) is 30.3 Å². The molecule has 5 nitrogen and oxygen atoms in total. The molecule has 0 saturated carbocycles. The number of hydrogen-bond acceptors (Lipinski definition) is 3. The van der Waals surface area contributed by atoms with Crippen molar-refractivity contribution in [1.29, 1.82) is 0 Å². The van der Waals surface area contributed by atoms with Gasteiger partial charge in [0, 0.05) is 0 Å². The van der Waals surface area contributed by atoms with Crippen molar-refractivity contribution in [2.24, 2.45) is 5.11 Å². The molecule has 0 bridgehead atoms. The zero-order chi connectivity index (χ0) is 11.8. The Morgan fingerprint density at radius 2 is 2.25 bits per heavy atom. The summed E-state index contributed by atoms with van der Waals surface area (Å²) >= 11 is -0.0808. The van der Waals surface area contributed by atoms with Crippen molar-refractivity contribution >= 4 is 25.4 Å². The first-order valence-electron chi connectivity index (χ1n) is 4.58. The van der Waals surface area contributed by atoms with Crippen LogP contribution in [0.5, 0.6) is 0 Å². The van der Waals surface area contributed by atoms with Crippen molar-refractivity contribution < 1.29 is 9.53 Å². The molecule has 1 aromatic rings. The van der Waals surface area contributed by atoms with Gasteiger partial charge in [-0.05, 0) is 0 Å². The minimum absolute atomic E-state index is 0.0808. The van der Waals surface area contributed by atoms with Crippen molar-refractivity contribution in [2.45, 2.75) is 4.82 Å². The molecule has 0 aliphatic carbocycles. The predicted molar refractivity (Wildman–Crippen MR) is 61.6 cm³/mol. The zero-order valence-corrected chi connectivity index (χ0v) is 10.5. The molecule has 0 aromatic heterocycles. The standard InChI is InChI=1S/C10H11N3O2Se/c1-15-10(14)9(7-12-13-11)16-8-5-3-2-4-6-8/h2-6,9H,7H2,1H3. The van der Waals surface area contributed by atoms with Crippen molar-refractivity contribution in [3.63, 3.8) is 0 Å². The van der Waals surface area contributed by atoms with Crippen LogP contribution in [0.2, 0.25) is 4.82 Å². The summed E-state index contributed by atoms with van der Waals surface area (Å²) in [5, 5.41) is 3.43. The topological polar surface area (TPSA) is 75.1 Å². The number of nitrogens with zero attached hydrogens (tertiary/aromatic N) is 3. The van der Waals surface area contributed by atoms with Gasteiger partial charge in [-0.15, -0.1) is 0 Å². The molecule has 0 aliphatic heterocycles. The number of benzene rings is 1. The summed E-state index contributed by atoms with van der Waals surface area (Å²) in [4.78, 5) is 13.7. The molecule has 1 unspecified atom stereocenters. The average molecular weight is 284 g/mol. The molecule has 1 rings (SSSR count). The molecule has 16 heavy (non-hydrogen) atoms. The first-order valence-corrected chi connectivity index (χ1v) is 6.43. The normalized spacial score (nSPS) is 11.3. The maximum absolute atomic E-state index is 11.4. The van der Waals surface area contributed by atoms with Crippen LogP contribution in [-0.4, -0.2) is 34.6 Å². The third-order valence-electron chi connectivity index (χ3n) is 1.80. The van der Waals surface area contributed by atoms with E-state index < -0.39 is 0 Å². The van der Waals surface area contributed by atoms with Crippen LogP contribution in [0.25, 0.3) is 10.4 Å². The number of hydrogen-bond donors (Lipinski definition) is 0. The maximum atomic E-state index is 11.4. The Bertz CT molecular complexity index is 390. The van der Waals surface area contributed by atoms with Crippen LogP contribution in [0.4, 0.5) is 0 Å². The monoisotopic (exact) mass is 285 g/mol. The Morgan fingerprint density at radius 1 is 1.56 bits per heavy atom. The van der Waals surface area contributed by atoms with Crippen molar-refractivity contribution in [3.05, 3.63) is 40.8 Å². The number of ether oxygens (including phenoxy) is 1. The molecule has 0 N–H and O–H groups in total. The second-order valence-electron chi connectivity index (χ2n) is 2.86. The summed E-state index contributed by atoms with van der Waals surface area (Å²) in [7, 11) is 1.34. The summed E-state index contributed by atoms with van der Waals surface area (Å²) in [5.41, 5.74) is 8.25. The van der Waals surface area contributed by atoms with Crippen LogP contribution in [0, 0.1) is 0 Å². The van der Waals surface area contributed by atoms with Gasteiger partial charge in [-0.1, -0.05) is 0 Å². The molecule has 0 fully saturated rings. The zero-order valence-electron chi connectivity index (χ0n) is 8.74. The molecule has 0 aliphatic rings. The van der Waals surface area contributed by atoms with Crippen LogP contribution in [0.1, 0.15) is 0 Å². The minimum atomic E-state index is -0.351. The fourth-order valence-electron chi connectivity index (χ4n) is 1.07. The molecule has 0 saturated heterocycles. The molecular weight excluding hydrogens is 273 g/mol. The fourth-order valence-corrected chi connectivity index (χ4v) is 3.11. The summed E-state index contributed by atoms with van der Waals surface area (Å²) in [6, 6.07) is 9.65. The van der Waals surface area contributed by atoms with Crippen LogP contribution in [0.15, 0.2) is 35.4 Å². The number of carbonyl (C=O) groups is 1. The Balaban J connectivity index is 2.70. The predicted octanol–water partition coefficient (Wildman–Crippen LogP) is 1.29. The average Bonchev–Trinajstić information content (AvgIpc) is 2.34. The second kappa shape index (κ2) is 6.90. The van der Waals surface area contributed by atoms with E-state index in [9.17, 15) is 4.79 Å². The summed E-state index contributed by atoms with van der Waals surface area (Å²) in [6.45, 7) is 0.151. The van der Waals surface area contributed by atoms with Crippen LogP contribution in [-0.2, 0) is 9.53 Å². The number of carbonyl (C=O) groups excluding carboxylic acids is 1. The van der Waals surface area contributed by atoms with Gasteiger partial charge in [0.25, 0.3) is 0 Å². The van der Waals surface area contributed by atoms with Gasteiger partial charge >= 0.3 is 99.3 Å². The first-order chi connectivity index (χ1) is 7.77. The van der Waals surface area contributed by atoms with E-state index in [1.165, 1.54) is 7.11 Å². The molecule has 0 heterocycles. The van der Waals surface area contributed by atoms with Crippen molar-refractivity contribution in [2.75, 3.05) is 13.7 Å². The van der Waals surface area contributed by atoms with E-state index in [0.717, 1.165) is 4.46 Å². The quantitative estimate of drug-likeness (QED) is 0.268. The van der Waals surface area contributed by atoms with E-state index >= 15 is 0 Å². The second-order valence-corrected chi connectivity index (χ2v) is 5.53. The molecule has 1 atom stereocenters. The summed E-state index contributed by atoms with van der Waals surface area (Å²) in [5.74, 6) is -0.323. The molecule has 0 amide bonds. The van der Waals surface area contributed by atoms with Crippen LogP contribution in [0.3, 0.4) is 0 Å². The van der Waals surface area contributed by atoms with Gasteiger partial charge in [0.1, 0.15) is 0 Å². The van der Waals surface area contributed by atoms with Crippen LogP contribution >= 0.6 is 0 Å². The Kier molecular flexibility index (Phi) is 5.43. The molecule has 0 radical (unpaired) electrons. The Labute approximate surface area is 99.6 Å². The molecule has 0 spiro atoms. The summed E-state index contributed by atoms with van der Waals surface area (Å²) < 4.78 is 5.76. The number of methoxy groups -OCH3 is 1. The third-order valence-corrected chi connectivity index (χ3v) is 4.25. The Morgan fingerprint density at radius 3 is 2.81 bits per heavy atom. The van der Waals surface area contributed by atoms with Gasteiger partial charge in [-0.3, -0.25) is 0 Å². The molecular formula is C10H11N3O2Se. The van der Waals surface area contributed by atoms with Gasteiger partial charge in [-0.2, -0.15) is 0 Å². The Hall–Kier alpha value is -1.48. The van der Waals surface area contributed by atoms with E-state index in [1.54, 1.807) is 0 Å². The van der Waals surface area contributed by atoms with E-state index in [4.69, 9.17) is 5.53 Å². The summed E-state index contributed by atoms with van der Waals surface area (Å²) in [6.07, 6.45) is 0. The van der Waals surface area contributed by atoms with Crippen molar-refractivity contribution in [3.8, 4) is 0 Å². The number of azide groups is 1. The van der Waals surface area contributed by atoms with Gasteiger partial charge in [0.2, 0.25) is 0 Å². The van der Waals surface area contributed by atoms with Gasteiger partial charge in [0.15, 0.2) is 0 Å². The number of rotatable bonds is 5. The van der Waals surface area contributed by atoms with Crippen LogP contribution < -0.4 is 4.46 Å². The van der Waals surface area contributed by atoms with E-state index in [0.29, 0.717) is 0 Å². The fraction of sp³-hybridized carbons (Fsp3) is 0.300. The SMILES string of the molecule is COC(=O)C(CN=[N+]=[N-])[Se]c1ccccc1. The van der Waals surface area contributed by atoms with Gasteiger partial charge in [-0.25, -0.2) is 0 Å². The van der Waals surface area contributed by atoms with E-state index in [-0.39, 0.29) is 32.3 Å². The van der Waals surface area contributed by atoms with E-state index in [2.05, 4.69) is 14.8 Å². The van der Waals surface area contributed by atoms with Crippen molar-refractivity contribution in [1.82, 2.24) is 0 Å². The first kappa shape index (κ1) is 12.6. The number of esters is 1.